The summed E-state index contributed by atoms with van der Waals surface area (Å²) in [5.41, 5.74) is 6.27. The standard InChI is InChI=1S/C10H7N5OS/c11-9(16)7-8-6(1-4-17-8)13-10(14-7)15-3-2-12-5-15/h1-5H,(H2,11,16). The fraction of sp³-hybridized carbons (Fsp3) is 0. The molecular formula is C10H7N5OS. The Morgan fingerprint density at radius 2 is 2.29 bits per heavy atom. The van der Waals surface area contributed by atoms with E-state index in [4.69, 9.17) is 5.73 Å². The number of rotatable bonds is 2. The molecule has 3 rings (SSSR count). The maximum absolute atomic E-state index is 11.3. The predicted molar refractivity (Wildman–Crippen MR) is 63.1 cm³/mol. The highest BCUT2D eigenvalue weighted by atomic mass is 32.1. The molecule has 0 bridgehead atoms. The molecule has 2 N–H and O–H groups in total. The molecule has 0 saturated heterocycles. The summed E-state index contributed by atoms with van der Waals surface area (Å²) in [5.74, 6) is -0.164. The zero-order valence-electron chi connectivity index (χ0n) is 8.57. The van der Waals surface area contributed by atoms with Crippen LogP contribution >= 0.6 is 11.3 Å². The third kappa shape index (κ3) is 1.56. The van der Waals surface area contributed by atoms with E-state index >= 15 is 0 Å². The van der Waals surface area contributed by atoms with Crippen molar-refractivity contribution >= 4 is 27.5 Å². The highest BCUT2D eigenvalue weighted by Gasteiger charge is 2.13. The molecule has 0 aliphatic carbocycles. The summed E-state index contributed by atoms with van der Waals surface area (Å²) in [6, 6.07) is 1.83. The van der Waals surface area contributed by atoms with Gasteiger partial charge in [-0.05, 0) is 11.4 Å². The van der Waals surface area contributed by atoms with Gasteiger partial charge in [-0.15, -0.1) is 11.3 Å². The molecule has 3 heterocycles. The van der Waals surface area contributed by atoms with E-state index < -0.39 is 5.91 Å². The van der Waals surface area contributed by atoms with Gasteiger partial charge >= 0.3 is 0 Å². The zero-order chi connectivity index (χ0) is 11.8. The number of carbonyl (C=O) groups is 1. The maximum atomic E-state index is 11.3. The predicted octanol–water partition coefficient (Wildman–Crippen LogP) is 0.976. The van der Waals surface area contributed by atoms with Gasteiger partial charge in [0.05, 0.1) is 10.2 Å². The van der Waals surface area contributed by atoms with Crippen molar-refractivity contribution in [3.8, 4) is 5.95 Å². The first kappa shape index (κ1) is 9.91. The Hall–Kier alpha value is -2.28. The molecule has 0 unspecified atom stereocenters. The first-order chi connectivity index (χ1) is 8.25. The van der Waals surface area contributed by atoms with Crippen LogP contribution in [0.15, 0.2) is 30.2 Å². The quantitative estimate of drug-likeness (QED) is 0.729. The normalized spacial score (nSPS) is 10.8. The number of aromatic nitrogens is 4. The van der Waals surface area contributed by atoms with Crippen molar-refractivity contribution < 1.29 is 4.79 Å². The van der Waals surface area contributed by atoms with E-state index in [0.717, 1.165) is 0 Å². The number of fused-ring (bicyclic) bond motifs is 1. The van der Waals surface area contributed by atoms with Gasteiger partial charge in [-0.1, -0.05) is 0 Å². The van der Waals surface area contributed by atoms with E-state index in [1.807, 2.05) is 11.4 Å². The molecule has 84 valence electrons. The van der Waals surface area contributed by atoms with Crippen molar-refractivity contribution in [2.75, 3.05) is 0 Å². The summed E-state index contributed by atoms with van der Waals surface area (Å²) in [7, 11) is 0. The van der Waals surface area contributed by atoms with Crippen molar-refractivity contribution in [2.24, 2.45) is 5.73 Å². The number of imidazole rings is 1. The van der Waals surface area contributed by atoms with Gasteiger partial charge in [0, 0.05) is 12.4 Å². The number of nitrogens with two attached hydrogens (primary N) is 1. The lowest BCUT2D eigenvalue weighted by Gasteiger charge is -2.03. The van der Waals surface area contributed by atoms with Crippen LogP contribution in [-0.4, -0.2) is 25.4 Å². The largest absolute Gasteiger partial charge is 0.364 e. The molecule has 1 amide bonds. The fourth-order valence-electron chi connectivity index (χ4n) is 1.51. The number of primary amides is 1. The van der Waals surface area contributed by atoms with Gasteiger partial charge in [-0.25, -0.2) is 15.0 Å². The monoisotopic (exact) mass is 245 g/mol. The summed E-state index contributed by atoms with van der Waals surface area (Å²) < 4.78 is 2.34. The molecule has 17 heavy (non-hydrogen) atoms. The SMILES string of the molecule is NC(=O)c1nc(-n2ccnc2)nc2ccsc12. The summed E-state index contributed by atoms with van der Waals surface area (Å²) >= 11 is 1.40. The smallest absolute Gasteiger partial charge is 0.269 e. The van der Waals surface area contributed by atoms with E-state index in [9.17, 15) is 4.79 Å². The van der Waals surface area contributed by atoms with Crippen LogP contribution in [0.4, 0.5) is 0 Å². The minimum Gasteiger partial charge on any atom is -0.364 e. The number of carbonyl (C=O) groups excluding carboxylic acids is 1. The van der Waals surface area contributed by atoms with E-state index in [2.05, 4.69) is 15.0 Å². The van der Waals surface area contributed by atoms with Crippen molar-refractivity contribution in [2.45, 2.75) is 0 Å². The van der Waals surface area contributed by atoms with Gasteiger partial charge in [-0.2, -0.15) is 0 Å². The Morgan fingerprint density at radius 1 is 1.41 bits per heavy atom. The Labute approximate surface area is 99.8 Å². The molecule has 0 saturated carbocycles. The van der Waals surface area contributed by atoms with Crippen molar-refractivity contribution in [1.29, 1.82) is 0 Å². The van der Waals surface area contributed by atoms with Gasteiger partial charge < -0.3 is 5.73 Å². The Kier molecular flexibility index (Phi) is 2.12. The zero-order valence-corrected chi connectivity index (χ0v) is 9.39. The maximum Gasteiger partial charge on any atom is 0.269 e. The molecule has 0 fully saturated rings. The Balaban J connectivity index is 2.31. The average Bonchev–Trinajstić information content (AvgIpc) is 2.98. The molecule has 0 radical (unpaired) electrons. The summed E-state index contributed by atoms with van der Waals surface area (Å²) in [6.45, 7) is 0. The van der Waals surface area contributed by atoms with Crippen LogP contribution in [0.5, 0.6) is 0 Å². The summed E-state index contributed by atoms with van der Waals surface area (Å²) in [6.07, 6.45) is 4.89. The summed E-state index contributed by atoms with van der Waals surface area (Å²) in [5, 5.41) is 1.85. The number of nitrogens with zero attached hydrogens (tertiary/aromatic N) is 4. The first-order valence-electron chi connectivity index (χ1n) is 4.79. The molecule has 0 aliphatic heterocycles. The van der Waals surface area contributed by atoms with E-state index in [0.29, 0.717) is 16.2 Å². The number of thiophene rings is 1. The molecule has 6 nitrogen and oxygen atoms in total. The second-order valence-corrected chi connectivity index (χ2v) is 4.26. The van der Waals surface area contributed by atoms with Gasteiger partial charge in [0.25, 0.3) is 5.91 Å². The molecule has 3 aromatic heterocycles. The van der Waals surface area contributed by atoms with Crippen LogP contribution in [0.25, 0.3) is 16.2 Å². The molecule has 3 aromatic rings. The van der Waals surface area contributed by atoms with E-state index in [-0.39, 0.29) is 5.69 Å². The Bertz CT molecular complexity index is 688. The third-order valence-electron chi connectivity index (χ3n) is 2.26. The number of hydrogen-bond acceptors (Lipinski definition) is 5. The van der Waals surface area contributed by atoms with Gasteiger partial charge in [0.2, 0.25) is 5.95 Å². The second kappa shape index (κ2) is 3.63. The molecule has 7 heteroatoms. The van der Waals surface area contributed by atoms with Gasteiger partial charge in [-0.3, -0.25) is 9.36 Å². The van der Waals surface area contributed by atoms with Crippen LogP contribution in [0.3, 0.4) is 0 Å². The topological polar surface area (TPSA) is 86.7 Å². The van der Waals surface area contributed by atoms with E-state index in [1.54, 1.807) is 23.3 Å². The lowest BCUT2D eigenvalue weighted by Crippen LogP contribution is -2.15. The fourth-order valence-corrected chi connectivity index (χ4v) is 2.34. The Morgan fingerprint density at radius 3 is 3.00 bits per heavy atom. The van der Waals surface area contributed by atoms with Crippen LogP contribution in [0.1, 0.15) is 10.5 Å². The second-order valence-electron chi connectivity index (χ2n) is 3.34. The molecule has 0 aromatic carbocycles. The van der Waals surface area contributed by atoms with Gasteiger partial charge in [0.1, 0.15) is 6.33 Å². The number of hydrogen-bond donors (Lipinski definition) is 1. The van der Waals surface area contributed by atoms with Crippen LogP contribution < -0.4 is 5.73 Å². The highest BCUT2D eigenvalue weighted by Crippen LogP contribution is 2.22. The lowest BCUT2D eigenvalue weighted by atomic mass is 10.3. The molecule has 0 spiro atoms. The van der Waals surface area contributed by atoms with Crippen molar-refractivity contribution in [1.82, 2.24) is 19.5 Å². The highest BCUT2D eigenvalue weighted by molar-refractivity contribution is 7.17. The average molecular weight is 245 g/mol. The van der Waals surface area contributed by atoms with Crippen LogP contribution in [0.2, 0.25) is 0 Å². The van der Waals surface area contributed by atoms with Crippen LogP contribution in [-0.2, 0) is 0 Å². The van der Waals surface area contributed by atoms with Crippen molar-refractivity contribution in [3.05, 3.63) is 35.9 Å². The first-order valence-corrected chi connectivity index (χ1v) is 5.67. The number of amides is 1. The summed E-state index contributed by atoms with van der Waals surface area (Å²) in [4.78, 5) is 23.8. The lowest BCUT2D eigenvalue weighted by molar-refractivity contribution is 0.0997. The minimum atomic E-state index is -0.554. The molecule has 0 aliphatic rings. The third-order valence-corrected chi connectivity index (χ3v) is 3.17. The molecule has 0 atom stereocenters. The minimum absolute atomic E-state index is 0.244. The van der Waals surface area contributed by atoms with Crippen molar-refractivity contribution in [3.63, 3.8) is 0 Å². The van der Waals surface area contributed by atoms with E-state index in [1.165, 1.54) is 11.3 Å². The van der Waals surface area contributed by atoms with Crippen LogP contribution in [0, 0.1) is 0 Å². The molecular weight excluding hydrogens is 238 g/mol. The van der Waals surface area contributed by atoms with Gasteiger partial charge in [0.15, 0.2) is 5.69 Å².